The second kappa shape index (κ2) is 15.3. The summed E-state index contributed by atoms with van der Waals surface area (Å²) in [7, 11) is 0. The van der Waals surface area contributed by atoms with Crippen molar-refractivity contribution in [3.63, 3.8) is 0 Å². The Morgan fingerprint density at radius 2 is 1.71 bits per heavy atom. The molecule has 3 saturated heterocycles. The zero-order valence-electron chi connectivity index (χ0n) is 33.1. The van der Waals surface area contributed by atoms with Gasteiger partial charge < -0.3 is 19.9 Å². The molecule has 15 nitrogen and oxygen atoms in total. The van der Waals surface area contributed by atoms with Crippen LogP contribution in [0.4, 0.5) is 11.6 Å². The molecule has 4 aromatic rings. The molecule has 302 valence electrons. The molecule has 8 rings (SSSR count). The molecule has 4 aliphatic rings. The Labute approximate surface area is 341 Å². The van der Waals surface area contributed by atoms with E-state index in [0.717, 1.165) is 57.9 Å². The van der Waals surface area contributed by atoms with Gasteiger partial charge in [-0.2, -0.15) is 10.4 Å². The number of amides is 3. The number of imide groups is 1. The second-order valence-electron chi connectivity index (χ2n) is 17.1. The van der Waals surface area contributed by atoms with Crippen LogP contribution in [0.2, 0.25) is 5.02 Å². The molecule has 2 N–H and O–H groups in total. The maximum Gasteiger partial charge on any atom is 0.275 e. The van der Waals surface area contributed by atoms with Gasteiger partial charge in [0.15, 0.2) is 0 Å². The summed E-state index contributed by atoms with van der Waals surface area (Å²) in [6, 6.07) is 11.9. The maximum atomic E-state index is 13.4. The summed E-state index contributed by atoms with van der Waals surface area (Å²) in [6.45, 7) is 14.5. The van der Waals surface area contributed by atoms with Gasteiger partial charge in [-0.1, -0.05) is 39.3 Å². The van der Waals surface area contributed by atoms with Gasteiger partial charge in [-0.3, -0.25) is 29.4 Å². The van der Waals surface area contributed by atoms with Crippen molar-refractivity contribution >= 4 is 51.7 Å². The van der Waals surface area contributed by atoms with E-state index in [4.69, 9.17) is 16.3 Å². The maximum absolute atomic E-state index is 13.4. The molecule has 2 aromatic heterocycles. The predicted molar refractivity (Wildman–Crippen MR) is 218 cm³/mol. The molecule has 1 saturated carbocycles. The summed E-state index contributed by atoms with van der Waals surface area (Å²) in [5, 5.41) is 20.6. The average molecular weight is 807 g/mol. The quantitative estimate of drug-likeness (QED) is 0.233. The summed E-state index contributed by atoms with van der Waals surface area (Å²) < 4.78 is 7.55. The van der Waals surface area contributed by atoms with Crippen LogP contribution in [0.25, 0.3) is 10.8 Å². The van der Waals surface area contributed by atoms with Crippen LogP contribution in [0, 0.1) is 28.1 Å². The lowest BCUT2D eigenvalue weighted by molar-refractivity contribution is -0.164. The van der Waals surface area contributed by atoms with E-state index >= 15 is 0 Å². The average Bonchev–Trinajstić information content (AvgIpc) is 3.68. The largest absolute Gasteiger partial charge is 0.489 e. The molecular weight excluding hydrogens is 760 g/mol. The van der Waals surface area contributed by atoms with Gasteiger partial charge >= 0.3 is 0 Å². The number of carbonyl (C=O) groups is 3. The van der Waals surface area contributed by atoms with Crippen LogP contribution >= 0.6 is 11.6 Å². The van der Waals surface area contributed by atoms with E-state index in [1.165, 1.54) is 4.68 Å². The number of rotatable bonds is 9. The van der Waals surface area contributed by atoms with E-state index in [1.807, 2.05) is 12.1 Å². The zero-order chi connectivity index (χ0) is 40.9. The molecule has 2 atom stereocenters. The van der Waals surface area contributed by atoms with Gasteiger partial charge in [0.25, 0.3) is 17.4 Å². The predicted octanol–water partition coefficient (Wildman–Crippen LogP) is 3.95. The Morgan fingerprint density at radius 3 is 2.40 bits per heavy atom. The summed E-state index contributed by atoms with van der Waals surface area (Å²) in [4.78, 5) is 66.8. The van der Waals surface area contributed by atoms with E-state index in [-0.39, 0.29) is 53.2 Å². The van der Waals surface area contributed by atoms with Gasteiger partial charge in [0.2, 0.25) is 11.9 Å². The summed E-state index contributed by atoms with van der Waals surface area (Å²) in [6.07, 6.45) is 6.08. The van der Waals surface area contributed by atoms with E-state index in [9.17, 15) is 24.4 Å². The van der Waals surface area contributed by atoms with E-state index in [0.29, 0.717) is 44.5 Å². The number of halogens is 1. The van der Waals surface area contributed by atoms with Crippen molar-refractivity contribution in [3.05, 3.63) is 81.5 Å². The number of hydrogen-bond donors (Lipinski definition) is 2. The van der Waals surface area contributed by atoms with E-state index in [1.54, 1.807) is 42.9 Å². The smallest absolute Gasteiger partial charge is 0.275 e. The van der Waals surface area contributed by atoms with Gasteiger partial charge in [-0.15, -0.1) is 0 Å². The Morgan fingerprint density at radius 1 is 0.966 bits per heavy atom. The molecule has 0 radical (unpaired) electrons. The lowest BCUT2D eigenvalue weighted by Gasteiger charge is -2.63. The number of benzene rings is 2. The second-order valence-corrected chi connectivity index (χ2v) is 17.5. The van der Waals surface area contributed by atoms with Gasteiger partial charge in [-0.25, -0.2) is 14.6 Å². The monoisotopic (exact) mass is 806 g/mol. The van der Waals surface area contributed by atoms with Crippen molar-refractivity contribution in [1.29, 1.82) is 5.26 Å². The molecule has 16 heteroatoms. The minimum Gasteiger partial charge on any atom is -0.489 e. The number of aromatic nitrogens is 4. The first-order chi connectivity index (χ1) is 27.7. The topological polar surface area (TPSA) is 179 Å². The minimum atomic E-state index is -0.792. The lowest BCUT2D eigenvalue weighted by atomic mass is 9.49. The Balaban J connectivity index is 0.812. The number of hydrogen-bond acceptors (Lipinski definition) is 12. The van der Waals surface area contributed by atoms with Crippen LogP contribution in [-0.2, 0) is 9.59 Å². The van der Waals surface area contributed by atoms with Gasteiger partial charge in [0.05, 0.1) is 27.7 Å². The number of ether oxygens (including phenoxy) is 1. The third-order valence-electron chi connectivity index (χ3n) is 12.5. The van der Waals surface area contributed by atoms with Crippen LogP contribution in [0.15, 0.2) is 59.8 Å². The SMILES string of the molecule is CC1(C)C(NC(=O)c2cnc(N3CC[C@@H](CN4CCN(c5ccc6c(=O)n(C7CCC(=O)NC7=O)ncc6c5)CC4)C3)nc2)C(C)(C)C1Oc1ccc(C#N)c(Cl)c1. The molecule has 1 aliphatic carbocycles. The number of nitriles is 1. The van der Waals surface area contributed by atoms with Crippen molar-refractivity contribution in [1.82, 2.24) is 35.3 Å². The molecule has 0 bridgehead atoms. The fourth-order valence-electron chi connectivity index (χ4n) is 9.62. The van der Waals surface area contributed by atoms with Crippen molar-refractivity contribution in [3.8, 4) is 11.8 Å². The molecule has 3 amide bonds. The van der Waals surface area contributed by atoms with Gasteiger partial charge in [0.1, 0.15) is 24.0 Å². The minimum absolute atomic E-state index is 0.176. The van der Waals surface area contributed by atoms with Crippen molar-refractivity contribution in [2.75, 3.05) is 55.6 Å². The summed E-state index contributed by atoms with van der Waals surface area (Å²) in [5.74, 6) is 0.610. The van der Waals surface area contributed by atoms with Crippen LogP contribution in [0.1, 0.15) is 68.9 Å². The third-order valence-corrected chi connectivity index (χ3v) is 12.8. The zero-order valence-corrected chi connectivity index (χ0v) is 33.8. The van der Waals surface area contributed by atoms with Crippen molar-refractivity contribution < 1.29 is 19.1 Å². The standard InChI is InChI=1S/C42H47ClN10O5/c1-41(2)38(42(3,4)39(41)58-30-7-5-26(19-44)32(43)18-30)49-35(55)28-20-45-40(46-21-28)52-12-11-25(24-52)23-50-13-15-51(16-14-50)29-6-8-31-27(17-29)22-47-53(37(31)57)33-9-10-34(54)48-36(33)56/h5-8,17-18,20-22,25,33,38-39H,9-16,23-24H2,1-4H3,(H,49,55)(H,48,54,56)/t25-,33?,38?,39?/m0/s1. The van der Waals surface area contributed by atoms with Gasteiger partial charge in [0, 0.05) is 98.6 Å². The highest BCUT2D eigenvalue weighted by atomic mass is 35.5. The van der Waals surface area contributed by atoms with E-state index in [2.05, 4.69) is 74.2 Å². The first-order valence-electron chi connectivity index (χ1n) is 19.8. The number of carbonyl (C=O) groups excluding carboxylic acids is 3. The molecule has 1 unspecified atom stereocenters. The molecule has 2 aromatic carbocycles. The number of fused-ring (bicyclic) bond motifs is 1. The first kappa shape index (κ1) is 39.2. The van der Waals surface area contributed by atoms with Gasteiger partial charge in [-0.05, 0) is 49.1 Å². The highest BCUT2D eigenvalue weighted by molar-refractivity contribution is 6.31. The number of nitrogens with one attached hydrogen (secondary N) is 2. The van der Waals surface area contributed by atoms with Crippen LogP contribution in [-0.4, -0.2) is 100 Å². The number of piperidine rings is 1. The normalized spacial score (nSPS) is 24.2. The van der Waals surface area contributed by atoms with Crippen molar-refractivity contribution in [2.24, 2.45) is 16.7 Å². The molecular formula is C42H47ClN10O5. The first-order valence-corrected chi connectivity index (χ1v) is 20.2. The van der Waals surface area contributed by atoms with Crippen LogP contribution in [0.3, 0.4) is 0 Å². The number of piperazine rings is 1. The van der Waals surface area contributed by atoms with Crippen molar-refractivity contribution in [2.45, 2.75) is 65.1 Å². The Hall–Kier alpha value is -5.59. The molecule has 3 aliphatic heterocycles. The molecule has 5 heterocycles. The number of anilines is 2. The fraction of sp³-hybridized carbons (Fsp3) is 0.476. The fourth-order valence-corrected chi connectivity index (χ4v) is 9.83. The van der Waals surface area contributed by atoms with Crippen LogP contribution in [0.5, 0.6) is 5.75 Å². The lowest BCUT2D eigenvalue weighted by Crippen LogP contribution is -2.74. The molecule has 4 fully saturated rings. The summed E-state index contributed by atoms with van der Waals surface area (Å²) in [5.41, 5.74) is 0.702. The Bertz CT molecular complexity index is 2350. The van der Waals surface area contributed by atoms with E-state index < -0.39 is 11.9 Å². The summed E-state index contributed by atoms with van der Waals surface area (Å²) >= 11 is 6.24. The number of nitrogens with zero attached hydrogens (tertiary/aromatic N) is 8. The molecule has 0 spiro atoms. The molecule has 58 heavy (non-hydrogen) atoms. The van der Waals surface area contributed by atoms with Crippen LogP contribution < -0.4 is 30.7 Å². The Kier molecular flexibility index (Phi) is 10.4. The highest BCUT2D eigenvalue weighted by Gasteiger charge is 2.64. The highest BCUT2D eigenvalue weighted by Crippen LogP contribution is 2.55. The third kappa shape index (κ3) is 7.35.